The molecule has 3 aromatic carbocycles. The average molecular weight is 453 g/mol. The van der Waals surface area contributed by atoms with Gasteiger partial charge in [0, 0.05) is 22.5 Å². The predicted octanol–water partition coefficient (Wildman–Crippen LogP) is 7.27. The van der Waals surface area contributed by atoms with Gasteiger partial charge in [0.15, 0.2) is 0 Å². The highest BCUT2D eigenvalue weighted by atomic mass is 16.2. The van der Waals surface area contributed by atoms with Gasteiger partial charge in [0.1, 0.15) is 0 Å². The van der Waals surface area contributed by atoms with Crippen molar-refractivity contribution < 1.29 is 9.59 Å². The van der Waals surface area contributed by atoms with Crippen molar-refractivity contribution in [3.63, 3.8) is 0 Å². The summed E-state index contributed by atoms with van der Waals surface area (Å²) in [5.74, 6) is 0.870. The Morgan fingerprint density at radius 3 is 1.82 bits per heavy atom. The smallest absolute Gasteiger partial charge is 0.255 e. The van der Waals surface area contributed by atoms with Crippen LogP contribution in [0.15, 0.2) is 79.4 Å². The van der Waals surface area contributed by atoms with Crippen molar-refractivity contribution in [2.75, 3.05) is 10.6 Å². The van der Waals surface area contributed by atoms with Crippen LogP contribution >= 0.6 is 0 Å². The molecule has 0 heterocycles. The Labute approximate surface area is 202 Å². The van der Waals surface area contributed by atoms with Crippen LogP contribution in [0.5, 0.6) is 0 Å². The maximum Gasteiger partial charge on any atom is 0.255 e. The zero-order chi connectivity index (χ0) is 24.1. The molecule has 2 N–H and O–H groups in total. The molecule has 0 bridgehead atoms. The van der Waals surface area contributed by atoms with Gasteiger partial charge in [-0.15, -0.1) is 6.58 Å². The first-order valence-corrected chi connectivity index (χ1v) is 12.0. The van der Waals surface area contributed by atoms with E-state index in [1.54, 1.807) is 24.3 Å². The van der Waals surface area contributed by atoms with Crippen LogP contribution in [0.2, 0.25) is 0 Å². The summed E-state index contributed by atoms with van der Waals surface area (Å²) < 4.78 is 0. The second-order valence-electron chi connectivity index (χ2n) is 9.25. The van der Waals surface area contributed by atoms with E-state index in [0.717, 1.165) is 11.3 Å². The lowest BCUT2D eigenvalue weighted by atomic mass is 9.79. The quantitative estimate of drug-likeness (QED) is 0.386. The second kappa shape index (κ2) is 10.5. The summed E-state index contributed by atoms with van der Waals surface area (Å²) in [4.78, 5) is 25.3. The Hall–Kier alpha value is -3.66. The zero-order valence-electron chi connectivity index (χ0n) is 19.9. The molecule has 174 valence electrons. The van der Waals surface area contributed by atoms with E-state index in [-0.39, 0.29) is 11.8 Å². The van der Waals surface area contributed by atoms with Gasteiger partial charge in [-0.25, -0.2) is 0 Å². The van der Waals surface area contributed by atoms with Crippen molar-refractivity contribution in [3.05, 3.63) is 107 Å². The fourth-order valence-electron chi connectivity index (χ4n) is 4.53. The maximum atomic E-state index is 12.7. The van der Waals surface area contributed by atoms with Gasteiger partial charge in [0.25, 0.3) is 11.8 Å². The number of carbonyl (C=O) groups is 2. The van der Waals surface area contributed by atoms with Gasteiger partial charge in [0.05, 0.1) is 0 Å². The molecule has 1 saturated carbocycles. The van der Waals surface area contributed by atoms with Crippen LogP contribution in [0.3, 0.4) is 0 Å². The first-order chi connectivity index (χ1) is 16.4. The van der Waals surface area contributed by atoms with Gasteiger partial charge in [-0.05, 0) is 117 Å². The van der Waals surface area contributed by atoms with E-state index in [1.165, 1.54) is 36.8 Å². The first-order valence-electron chi connectivity index (χ1n) is 12.0. The topological polar surface area (TPSA) is 58.2 Å². The molecule has 4 nitrogen and oxygen atoms in total. The SMILES string of the molecule is C=CC1CCC(c2ccc(C(=O)Nc3ccc(C(=O)Nc4ccc(C)c(C)c4)cc3)cc2)CC1. The molecule has 0 saturated heterocycles. The lowest BCUT2D eigenvalue weighted by molar-refractivity contribution is 0.102. The number of carbonyl (C=O) groups excluding carboxylic acids is 2. The summed E-state index contributed by atoms with van der Waals surface area (Å²) in [5, 5.41) is 5.84. The number of aryl methyl sites for hydroxylation is 2. The third kappa shape index (κ3) is 5.63. The third-order valence-electron chi connectivity index (χ3n) is 6.92. The summed E-state index contributed by atoms with van der Waals surface area (Å²) in [6.07, 6.45) is 6.80. The van der Waals surface area contributed by atoms with E-state index in [2.05, 4.69) is 35.4 Å². The van der Waals surface area contributed by atoms with E-state index in [9.17, 15) is 9.59 Å². The molecule has 1 fully saturated rings. The highest BCUT2D eigenvalue weighted by Crippen LogP contribution is 2.36. The minimum atomic E-state index is -0.182. The molecule has 4 heteroatoms. The predicted molar refractivity (Wildman–Crippen MR) is 140 cm³/mol. The first kappa shape index (κ1) is 23.5. The minimum Gasteiger partial charge on any atom is -0.322 e. The van der Waals surface area contributed by atoms with Crippen LogP contribution in [0.25, 0.3) is 0 Å². The van der Waals surface area contributed by atoms with Crippen LogP contribution in [0, 0.1) is 19.8 Å². The van der Waals surface area contributed by atoms with Gasteiger partial charge < -0.3 is 10.6 Å². The molecule has 0 radical (unpaired) electrons. The molecule has 34 heavy (non-hydrogen) atoms. The summed E-state index contributed by atoms with van der Waals surface area (Å²) >= 11 is 0. The van der Waals surface area contributed by atoms with Crippen molar-refractivity contribution in [1.82, 2.24) is 0 Å². The Bertz CT molecular complexity index is 1170. The second-order valence-corrected chi connectivity index (χ2v) is 9.25. The molecule has 4 rings (SSSR count). The van der Waals surface area contributed by atoms with E-state index in [1.807, 2.05) is 44.2 Å². The van der Waals surface area contributed by atoms with Crippen LogP contribution in [-0.2, 0) is 0 Å². The van der Waals surface area contributed by atoms with Crippen LogP contribution in [0.4, 0.5) is 11.4 Å². The molecule has 0 spiro atoms. The Morgan fingerprint density at radius 1 is 0.735 bits per heavy atom. The number of rotatable bonds is 6. The van der Waals surface area contributed by atoms with Crippen LogP contribution in [-0.4, -0.2) is 11.8 Å². The zero-order valence-corrected chi connectivity index (χ0v) is 19.9. The van der Waals surface area contributed by atoms with Gasteiger partial charge in [0.2, 0.25) is 0 Å². The van der Waals surface area contributed by atoms with Gasteiger partial charge >= 0.3 is 0 Å². The molecular weight excluding hydrogens is 420 g/mol. The summed E-state index contributed by atoms with van der Waals surface area (Å²) in [7, 11) is 0. The molecule has 2 amide bonds. The normalized spacial score (nSPS) is 17.6. The van der Waals surface area contributed by atoms with E-state index >= 15 is 0 Å². The highest BCUT2D eigenvalue weighted by molar-refractivity contribution is 6.06. The lowest BCUT2D eigenvalue weighted by Crippen LogP contribution is -2.14. The summed E-state index contributed by atoms with van der Waals surface area (Å²) in [5.41, 5.74) is 6.19. The monoisotopic (exact) mass is 452 g/mol. The molecule has 0 aliphatic heterocycles. The van der Waals surface area contributed by atoms with Crippen molar-refractivity contribution in [2.45, 2.75) is 45.4 Å². The van der Waals surface area contributed by atoms with Crippen molar-refractivity contribution in [1.29, 1.82) is 0 Å². The molecule has 3 aromatic rings. The number of hydrogen-bond acceptors (Lipinski definition) is 2. The van der Waals surface area contributed by atoms with Crippen molar-refractivity contribution in [3.8, 4) is 0 Å². The number of nitrogens with one attached hydrogen (secondary N) is 2. The number of anilines is 2. The van der Waals surface area contributed by atoms with Crippen LogP contribution in [0.1, 0.15) is 69.0 Å². The van der Waals surface area contributed by atoms with Gasteiger partial charge in [-0.3, -0.25) is 9.59 Å². The summed E-state index contributed by atoms with van der Waals surface area (Å²) in [6, 6.07) is 20.7. The number of benzene rings is 3. The number of allylic oxidation sites excluding steroid dienone is 1. The minimum absolute atomic E-state index is 0.158. The Balaban J connectivity index is 1.33. The standard InChI is InChI=1S/C30H32N2O2/c1-4-22-6-8-23(9-7-22)24-10-12-25(13-11-24)29(33)31-27-17-14-26(15-18-27)30(34)32-28-16-5-20(2)21(3)19-28/h4-5,10-19,22-23H,1,6-9H2,2-3H3,(H,31,33)(H,32,34). The van der Waals surface area contributed by atoms with Gasteiger partial charge in [-0.2, -0.15) is 0 Å². The van der Waals surface area contributed by atoms with Crippen molar-refractivity contribution in [2.24, 2.45) is 5.92 Å². The molecule has 1 aliphatic rings. The van der Waals surface area contributed by atoms with E-state index in [4.69, 9.17) is 0 Å². The largest absolute Gasteiger partial charge is 0.322 e. The highest BCUT2D eigenvalue weighted by Gasteiger charge is 2.20. The molecule has 0 unspecified atom stereocenters. The summed E-state index contributed by atoms with van der Waals surface area (Å²) in [6.45, 7) is 7.98. The number of amides is 2. The fourth-order valence-corrected chi connectivity index (χ4v) is 4.53. The molecule has 1 aliphatic carbocycles. The molecule has 0 aromatic heterocycles. The van der Waals surface area contributed by atoms with Crippen LogP contribution < -0.4 is 10.6 Å². The van der Waals surface area contributed by atoms with E-state index < -0.39 is 0 Å². The maximum absolute atomic E-state index is 12.7. The Kier molecular flexibility index (Phi) is 7.27. The van der Waals surface area contributed by atoms with E-state index in [0.29, 0.717) is 28.7 Å². The third-order valence-corrected chi connectivity index (χ3v) is 6.92. The number of hydrogen-bond donors (Lipinski definition) is 2. The van der Waals surface area contributed by atoms with Crippen molar-refractivity contribution >= 4 is 23.2 Å². The Morgan fingerprint density at radius 2 is 1.26 bits per heavy atom. The lowest BCUT2D eigenvalue weighted by Gasteiger charge is -2.27. The van der Waals surface area contributed by atoms with Gasteiger partial charge in [-0.1, -0.05) is 24.3 Å². The average Bonchev–Trinajstić information content (AvgIpc) is 2.87. The molecular formula is C30H32N2O2. The fraction of sp³-hybridized carbons (Fsp3) is 0.267. The molecule has 0 atom stereocenters.